The molecule has 0 amide bonds. The van der Waals surface area contributed by atoms with E-state index in [-0.39, 0.29) is 0 Å². The van der Waals surface area contributed by atoms with Crippen molar-refractivity contribution in [2.45, 2.75) is 25.7 Å². The highest BCUT2D eigenvalue weighted by Gasteiger charge is 2.40. The molecule has 136 valence electrons. The summed E-state index contributed by atoms with van der Waals surface area (Å²) in [5.41, 5.74) is 3.29. The molecule has 1 fully saturated rings. The molecule has 0 N–H and O–H groups in total. The van der Waals surface area contributed by atoms with Crippen LogP contribution in [0.3, 0.4) is 0 Å². The van der Waals surface area contributed by atoms with Crippen LogP contribution in [0, 0.1) is 12.8 Å². The molecule has 26 heavy (non-hydrogen) atoms. The van der Waals surface area contributed by atoms with Crippen molar-refractivity contribution in [3.8, 4) is 11.6 Å². The van der Waals surface area contributed by atoms with Gasteiger partial charge in [0.25, 0.3) is 0 Å². The lowest BCUT2D eigenvalue weighted by Gasteiger charge is -2.16. The molecule has 0 radical (unpaired) electrons. The highest BCUT2D eigenvalue weighted by atomic mass is 16.5. The molecule has 2 aromatic rings. The maximum absolute atomic E-state index is 6.11. The van der Waals surface area contributed by atoms with Gasteiger partial charge in [-0.05, 0) is 37.5 Å². The van der Waals surface area contributed by atoms with Crippen LogP contribution in [0.2, 0.25) is 0 Å². The molecule has 0 spiro atoms. The van der Waals surface area contributed by atoms with Gasteiger partial charge in [0.15, 0.2) is 0 Å². The Bertz CT molecular complexity index is 804. The number of pyridine rings is 1. The molecular formula is C20H23N3O3. The Morgan fingerprint density at radius 2 is 2.15 bits per heavy atom. The van der Waals surface area contributed by atoms with E-state index in [0.29, 0.717) is 30.9 Å². The van der Waals surface area contributed by atoms with Gasteiger partial charge in [-0.25, -0.2) is 4.98 Å². The average Bonchev–Trinajstić information content (AvgIpc) is 3.47. The number of hydrogen-bond donors (Lipinski definition) is 0. The first-order chi connectivity index (χ1) is 12.7. The zero-order chi connectivity index (χ0) is 17.9. The number of aryl methyl sites for hydroxylation is 1. The van der Waals surface area contributed by atoms with Gasteiger partial charge in [-0.2, -0.15) is 4.98 Å². The van der Waals surface area contributed by atoms with E-state index in [1.807, 2.05) is 25.3 Å². The van der Waals surface area contributed by atoms with Crippen molar-refractivity contribution in [3.63, 3.8) is 0 Å². The fraction of sp³-hybridized carbons (Fsp3) is 0.450. The molecule has 1 unspecified atom stereocenters. The second-order valence-corrected chi connectivity index (χ2v) is 6.73. The summed E-state index contributed by atoms with van der Waals surface area (Å²) in [6.45, 7) is 3.89. The first kappa shape index (κ1) is 17.0. The van der Waals surface area contributed by atoms with Crippen LogP contribution in [0.5, 0.6) is 11.6 Å². The Labute approximate surface area is 153 Å². The zero-order valence-corrected chi connectivity index (χ0v) is 15.1. The lowest BCUT2D eigenvalue weighted by molar-refractivity contribution is 0.161. The summed E-state index contributed by atoms with van der Waals surface area (Å²) in [6.07, 6.45) is 7.69. The monoisotopic (exact) mass is 353 g/mol. The van der Waals surface area contributed by atoms with Crippen molar-refractivity contribution in [1.29, 1.82) is 0 Å². The topological polar surface area (TPSA) is 66.4 Å². The number of methoxy groups -OCH3 is 1. The van der Waals surface area contributed by atoms with Crippen molar-refractivity contribution < 1.29 is 14.2 Å². The Morgan fingerprint density at radius 1 is 1.23 bits per heavy atom. The van der Waals surface area contributed by atoms with Crippen molar-refractivity contribution in [3.05, 3.63) is 47.7 Å². The molecular weight excluding hydrogens is 330 g/mol. The highest BCUT2D eigenvalue weighted by Crippen LogP contribution is 2.47. The lowest BCUT2D eigenvalue weighted by Crippen LogP contribution is -2.09. The normalized spacial score (nSPS) is 21.8. The van der Waals surface area contributed by atoms with Crippen LogP contribution in [-0.4, -0.2) is 41.9 Å². The summed E-state index contributed by atoms with van der Waals surface area (Å²) in [7, 11) is 1.65. The quantitative estimate of drug-likeness (QED) is 0.795. The second kappa shape index (κ2) is 7.41. The standard InChI is InChI=1S/C20H23N3O3/c1-13-21-11-18(14-5-7-25-8-6-14)20(23-13)26-12-15-9-17(15)19-4-3-16(24-2)10-22-19/h3-5,10-11,15,17H,6-9,12H2,1-2H3/t15?,17-/m1/s1. The molecule has 0 bridgehead atoms. The summed E-state index contributed by atoms with van der Waals surface area (Å²) in [4.78, 5) is 13.4. The van der Waals surface area contributed by atoms with Gasteiger partial charge in [-0.1, -0.05) is 6.08 Å². The van der Waals surface area contributed by atoms with Gasteiger partial charge in [-0.15, -0.1) is 0 Å². The maximum Gasteiger partial charge on any atom is 0.224 e. The smallest absolute Gasteiger partial charge is 0.224 e. The van der Waals surface area contributed by atoms with Crippen molar-refractivity contribution in [1.82, 2.24) is 15.0 Å². The van der Waals surface area contributed by atoms with Crippen molar-refractivity contribution in [2.24, 2.45) is 5.92 Å². The summed E-state index contributed by atoms with van der Waals surface area (Å²) in [6, 6.07) is 4.00. The molecule has 1 aliphatic carbocycles. The van der Waals surface area contributed by atoms with Crippen LogP contribution in [0.1, 0.15) is 35.8 Å². The molecule has 0 aromatic carbocycles. The first-order valence-electron chi connectivity index (χ1n) is 8.98. The molecule has 2 atom stereocenters. The van der Waals surface area contributed by atoms with E-state index in [0.717, 1.165) is 42.3 Å². The molecule has 2 aromatic heterocycles. The predicted molar refractivity (Wildman–Crippen MR) is 97.3 cm³/mol. The highest BCUT2D eigenvalue weighted by molar-refractivity contribution is 5.69. The van der Waals surface area contributed by atoms with E-state index in [9.17, 15) is 0 Å². The first-order valence-corrected chi connectivity index (χ1v) is 8.98. The van der Waals surface area contributed by atoms with Gasteiger partial charge in [0.05, 0.1) is 38.7 Å². The third-order valence-electron chi connectivity index (χ3n) is 4.92. The molecule has 0 saturated heterocycles. The van der Waals surface area contributed by atoms with Gasteiger partial charge < -0.3 is 14.2 Å². The lowest BCUT2D eigenvalue weighted by atomic mass is 10.0. The minimum atomic E-state index is 0.453. The number of nitrogens with zero attached hydrogens (tertiary/aromatic N) is 3. The number of hydrogen-bond acceptors (Lipinski definition) is 6. The van der Waals surface area contributed by atoms with Crippen LogP contribution in [0.15, 0.2) is 30.6 Å². The molecule has 2 aliphatic rings. The van der Waals surface area contributed by atoms with E-state index in [1.54, 1.807) is 13.3 Å². The molecule has 1 saturated carbocycles. The van der Waals surface area contributed by atoms with Crippen LogP contribution in [0.4, 0.5) is 0 Å². The zero-order valence-electron chi connectivity index (χ0n) is 15.1. The third-order valence-corrected chi connectivity index (χ3v) is 4.92. The van der Waals surface area contributed by atoms with E-state index >= 15 is 0 Å². The maximum atomic E-state index is 6.11. The molecule has 6 heteroatoms. The predicted octanol–water partition coefficient (Wildman–Crippen LogP) is 3.17. The van der Waals surface area contributed by atoms with Crippen LogP contribution < -0.4 is 9.47 Å². The number of ether oxygens (including phenoxy) is 3. The van der Waals surface area contributed by atoms with E-state index in [1.165, 1.54) is 5.57 Å². The Kier molecular flexibility index (Phi) is 4.84. The fourth-order valence-electron chi connectivity index (χ4n) is 3.26. The number of rotatable bonds is 6. The van der Waals surface area contributed by atoms with Crippen LogP contribution >= 0.6 is 0 Å². The summed E-state index contributed by atoms with van der Waals surface area (Å²) in [5, 5.41) is 0. The largest absolute Gasteiger partial charge is 0.495 e. The summed E-state index contributed by atoms with van der Waals surface area (Å²) >= 11 is 0. The van der Waals surface area contributed by atoms with E-state index in [4.69, 9.17) is 14.2 Å². The van der Waals surface area contributed by atoms with Gasteiger partial charge in [0.2, 0.25) is 5.88 Å². The van der Waals surface area contributed by atoms with E-state index in [2.05, 4.69) is 21.0 Å². The van der Waals surface area contributed by atoms with Gasteiger partial charge >= 0.3 is 0 Å². The van der Waals surface area contributed by atoms with Gasteiger partial charge in [0.1, 0.15) is 11.6 Å². The van der Waals surface area contributed by atoms with Crippen LogP contribution in [0.25, 0.3) is 5.57 Å². The van der Waals surface area contributed by atoms with Gasteiger partial charge in [-0.3, -0.25) is 4.98 Å². The Morgan fingerprint density at radius 3 is 2.88 bits per heavy atom. The molecule has 4 rings (SSSR count). The minimum absolute atomic E-state index is 0.453. The minimum Gasteiger partial charge on any atom is -0.495 e. The van der Waals surface area contributed by atoms with Gasteiger partial charge in [0, 0.05) is 23.7 Å². The van der Waals surface area contributed by atoms with E-state index < -0.39 is 0 Å². The molecule has 1 aliphatic heterocycles. The van der Waals surface area contributed by atoms with Crippen molar-refractivity contribution in [2.75, 3.05) is 26.9 Å². The summed E-state index contributed by atoms with van der Waals surface area (Å²) < 4.78 is 16.7. The Balaban J connectivity index is 1.42. The number of aromatic nitrogens is 3. The SMILES string of the molecule is COc1ccc([C@@H]2CC2COc2nc(C)ncc2C2=CCOCC2)nc1. The third kappa shape index (κ3) is 3.70. The molecule has 3 heterocycles. The summed E-state index contributed by atoms with van der Waals surface area (Å²) in [5.74, 6) is 3.12. The van der Waals surface area contributed by atoms with Crippen LogP contribution in [-0.2, 0) is 4.74 Å². The molecule has 6 nitrogen and oxygen atoms in total. The second-order valence-electron chi connectivity index (χ2n) is 6.73. The fourth-order valence-corrected chi connectivity index (χ4v) is 3.26. The average molecular weight is 353 g/mol. The Hall–Kier alpha value is -2.47. The van der Waals surface area contributed by atoms with Crippen molar-refractivity contribution >= 4 is 5.57 Å².